The minimum absolute atomic E-state index is 0.224. The number of pyridine rings is 1. The summed E-state index contributed by atoms with van der Waals surface area (Å²) in [5, 5.41) is 3.49. The number of rotatable bonds is 3. The minimum Gasteiger partial charge on any atom is -0.444 e. The normalized spacial score (nSPS) is 18.9. The Kier molecular flexibility index (Phi) is 5.27. The average molecular weight is 305 g/mol. The van der Waals surface area contributed by atoms with Crippen LogP contribution in [0.3, 0.4) is 0 Å². The Labute approximate surface area is 133 Å². The van der Waals surface area contributed by atoms with Gasteiger partial charge >= 0.3 is 6.09 Å². The van der Waals surface area contributed by atoms with Crippen molar-refractivity contribution >= 4 is 11.9 Å². The molecule has 0 unspecified atom stereocenters. The van der Waals surface area contributed by atoms with Crippen LogP contribution in [0.15, 0.2) is 18.3 Å². The van der Waals surface area contributed by atoms with E-state index in [1.807, 2.05) is 26.8 Å². The zero-order chi connectivity index (χ0) is 16.2. The lowest BCUT2D eigenvalue weighted by molar-refractivity contribution is 0.0206. The van der Waals surface area contributed by atoms with Gasteiger partial charge in [0.05, 0.1) is 0 Å². The molecule has 0 saturated carbocycles. The Morgan fingerprint density at radius 1 is 1.50 bits per heavy atom. The molecule has 122 valence electrons. The quantitative estimate of drug-likeness (QED) is 0.929. The molecular weight excluding hydrogens is 278 g/mol. The molecule has 1 aliphatic heterocycles. The first-order valence-corrected chi connectivity index (χ1v) is 8.07. The first-order chi connectivity index (χ1) is 10.4. The smallest absolute Gasteiger partial charge is 0.410 e. The van der Waals surface area contributed by atoms with Gasteiger partial charge < -0.3 is 15.0 Å². The largest absolute Gasteiger partial charge is 0.444 e. The van der Waals surface area contributed by atoms with E-state index in [9.17, 15) is 4.79 Å². The second-order valence-corrected chi connectivity index (χ2v) is 6.77. The monoisotopic (exact) mass is 305 g/mol. The number of amides is 1. The van der Waals surface area contributed by atoms with E-state index in [0.717, 1.165) is 31.6 Å². The molecule has 1 atom stereocenters. The third-order valence-corrected chi connectivity index (χ3v) is 3.69. The van der Waals surface area contributed by atoms with Gasteiger partial charge in [0.2, 0.25) is 0 Å². The van der Waals surface area contributed by atoms with Crippen LogP contribution in [0.1, 0.15) is 46.1 Å². The zero-order valence-electron chi connectivity index (χ0n) is 14.1. The number of anilines is 1. The number of hydrogen-bond acceptors (Lipinski definition) is 4. The van der Waals surface area contributed by atoms with E-state index in [4.69, 9.17) is 4.74 Å². The van der Waals surface area contributed by atoms with Gasteiger partial charge in [-0.1, -0.05) is 13.0 Å². The number of nitrogens with zero attached hydrogens (tertiary/aromatic N) is 2. The molecule has 1 fully saturated rings. The van der Waals surface area contributed by atoms with E-state index in [0.29, 0.717) is 6.54 Å². The number of aryl methyl sites for hydroxylation is 1. The number of carbonyl (C=O) groups excluding carboxylic acids is 1. The average Bonchev–Trinajstić information content (AvgIpc) is 2.46. The van der Waals surface area contributed by atoms with Crippen molar-refractivity contribution < 1.29 is 9.53 Å². The number of hydrogen-bond donors (Lipinski definition) is 1. The van der Waals surface area contributed by atoms with Gasteiger partial charge in [0.15, 0.2) is 0 Å². The lowest BCUT2D eigenvalue weighted by atomic mass is 10.1. The van der Waals surface area contributed by atoms with Gasteiger partial charge in [0.1, 0.15) is 11.4 Å². The van der Waals surface area contributed by atoms with E-state index in [-0.39, 0.29) is 12.1 Å². The van der Waals surface area contributed by atoms with Crippen LogP contribution in [-0.2, 0) is 11.2 Å². The highest BCUT2D eigenvalue weighted by molar-refractivity contribution is 5.68. The van der Waals surface area contributed by atoms with Crippen molar-refractivity contribution in [2.75, 3.05) is 18.4 Å². The molecule has 1 saturated heterocycles. The van der Waals surface area contributed by atoms with Crippen molar-refractivity contribution in [1.82, 2.24) is 9.88 Å². The summed E-state index contributed by atoms with van der Waals surface area (Å²) in [6, 6.07) is 4.27. The highest BCUT2D eigenvalue weighted by Gasteiger charge is 2.27. The summed E-state index contributed by atoms with van der Waals surface area (Å²) in [5.41, 5.74) is 0.755. The maximum Gasteiger partial charge on any atom is 0.410 e. The van der Waals surface area contributed by atoms with E-state index < -0.39 is 5.60 Å². The molecule has 1 N–H and O–H groups in total. The molecule has 5 nitrogen and oxygen atoms in total. The van der Waals surface area contributed by atoms with E-state index in [2.05, 4.69) is 23.3 Å². The van der Waals surface area contributed by atoms with Crippen LogP contribution in [-0.4, -0.2) is 40.7 Å². The molecule has 1 aromatic heterocycles. The Hall–Kier alpha value is -1.78. The van der Waals surface area contributed by atoms with Crippen LogP contribution >= 0.6 is 0 Å². The standard InChI is InChI=1S/C17H27N3O2/c1-5-13-8-6-10-18-15(13)19-14-9-7-11-20(12-14)16(21)22-17(2,3)4/h6,8,10,14H,5,7,9,11-12H2,1-4H3,(H,18,19)/t14-/m1/s1. The van der Waals surface area contributed by atoms with Crippen LogP contribution < -0.4 is 5.32 Å². The number of nitrogens with one attached hydrogen (secondary N) is 1. The molecule has 5 heteroatoms. The molecule has 2 heterocycles. The number of aromatic nitrogens is 1. The predicted octanol–water partition coefficient (Wildman–Crippen LogP) is 3.46. The summed E-state index contributed by atoms with van der Waals surface area (Å²) in [5.74, 6) is 0.932. The Bertz CT molecular complexity index is 511. The van der Waals surface area contributed by atoms with E-state index in [1.165, 1.54) is 5.56 Å². The summed E-state index contributed by atoms with van der Waals surface area (Å²) < 4.78 is 5.46. The van der Waals surface area contributed by atoms with Gasteiger partial charge in [-0.05, 0) is 51.7 Å². The maximum absolute atomic E-state index is 12.2. The molecule has 1 aliphatic rings. The molecule has 0 bridgehead atoms. The highest BCUT2D eigenvalue weighted by Crippen LogP contribution is 2.20. The lowest BCUT2D eigenvalue weighted by Gasteiger charge is -2.34. The van der Waals surface area contributed by atoms with Gasteiger partial charge in [0.25, 0.3) is 0 Å². The summed E-state index contributed by atoms with van der Waals surface area (Å²) in [6.07, 6.45) is 4.54. The molecule has 2 rings (SSSR count). The van der Waals surface area contributed by atoms with Gasteiger partial charge in [-0.25, -0.2) is 9.78 Å². The molecule has 0 aliphatic carbocycles. The molecule has 1 aromatic rings. The SMILES string of the molecule is CCc1cccnc1N[C@@H]1CCCN(C(=O)OC(C)(C)C)C1. The van der Waals surface area contributed by atoms with Crippen molar-refractivity contribution in [2.24, 2.45) is 0 Å². The highest BCUT2D eigenvalue weighted by atomic mass is 16.6. The number of likely N-dealkylation sites (tertiary alicyclic amines) is 1. The van der Waals surface area contributed by atoms with Gasteiger partial charge in [-0.15, -0.1) is 0 Å². The van der Waals surface area contributed by atoms with Crippen molar-refractivity contribution in [3.8, 4) is 0 Å². The second kappa shape index (κ2) is 6.99. The Balaban J connectivity index is 1.97. The van der Waals surface area contributed by atoms with Gasteiger partial charge in [-0.3, -0.25) is 0 Å². The number of piperidine rings is 1. The number of ether oxygens (including phenoxy) is 1. The summed E-state index contributed by atoms with van der Waals surface area (Å²) in [7, 11) is 0. The molecule has 1 amide bonds. The number of carbonyl (C=O) groups is 1. The molecule has 0 aromatic carbocycles. The molecule has 22 heavy (non-hydrogen) atoms. The Morgan fingerprint density at radius 3 is 2.95 bits per heavy atom. The van der Waals surface area contributed by atoms with Crippen molar-refractivity contribution in [3.63, 3.8) is 0 Å². The van der Waals surface area contributed by atoms with Crippen LogP contribution in [0.4, 0.5) is 10.6 Å². The second-order valence-electron chi connectivity index (χ2n) is 6.77. The molecular formula is C17H27N3O2. The predicted molar refractivity (Wildman–Crippen MR) is 88.1 cm³/mol. The van der Waals surface area contributed by atoms with Gasteiger partial charge in [0, 0.05) is 25.3 Å². The first kappa shape index (κ1) is 16.6. The van der Waals surface area contributed by atoms with Crippen LogP contribution in [0.5, 0.6) is 0 Å². The third kappa shape index (κ3) is 4.61. The fourth-order valence-corrected chi connectivity index (χ4v) is 2.63. The summed E-state index contributed by atoms with van der Waals surface area (Å²) in [6.45, 7) is 9.23. The maximum atomic E-state index is 12.2. The lowest BCUT2D eigenvalue weighted by Crippen LogP contribution is -2.47. The first-order valence-electron chi connectivity index (χ1n) is 8.07. The van der Waals surface area contributed by atoms with Crippen LogP contribution in [0, 0.1) is 0 Å². The fourth-order valence-electron chi connectivity index (χ4n) is 2.63. The fraction of sp³-hybridized carbons (Fsp3) is 0.647. The van der Waals surface area contributed by atoms with Crippen LogP contribution in [0.2, 0.25) is 0 Å². The Morgan fingerprint density at radius 2 is 2.27 bits per heavy atom. The summed E-state index contributed by atoms with van der Waals surface area (Å²) >= 11 is 0. The van der Waals surface area contributed by atoms with Crippen LogP contribution in [0.25, 0.3) is 0 Å². The minimum atomic E-state index is -0.451. The van der Waals surface area contributed by atoms with E-state index in [1.54, 1.807) is 11.1 Å². The van der Waals surface area contributed by atoms with E-state index >= 15 is 0 Å². The topological polar surface area (TPSA) is 54.5 Å². The zero-order valence-corrected chi connectivity index (χ0v) is 14.1. The summed E-state index contributed by atoms with van der Waals surface area (Å²) in [4.78, 5) is 18.4. The van der Waals surface area contributed by atoms with Crippen molar-refractivity contribution in [1.29, 1.82) is 0 Å². The van der Waals surface area contributed by atoms with Crippen molar-refractivity contribution in [3.05, 3.63) is 23.9 Å². The molecule has 0 spiro atoms. The molecule has 0 radical (unpaired) electrons. The third-order valence-electron chi connectivity index (χ3n) is 3.69. The van der Waals surface area contributed by atoms with Gasteiger partial charge in [-0.2, -0.15) is 0 Å². The van der Waals surface area contributed by atoms with Crippen molar-refractivity contribution in [2.45, 2.75) is 58.6 Å².